The molecule has 0 aromatic carbocycles. The van der Waals surface area contributed by atoms with Crippen LogP contribution in [0.3, 0.4) is 0 Å². The van der Waals surface area contributed by atoms with Gasteiger partial charge in [-0.25, -0.2) is 4.79 Å². The SMILES string of the molecule is COC(=O)C1=CO[C@@H](O[C@@H]2O[C@H](CO)[C@@H](O)[C@H](O)[C@H]2O)C2C(COC(C)=O)CC[C@H]12. The van der Waals surface area contributed by atoms with E-state index in [2.05, 4.69) is 0 Å². The molecule has 0 aromatic rings. The van der Waals surface area contributed by atoms with Crippen molar-refractivity contribution in [1.29, 1.82) is 0 Å². The van der Waals surface area contributed by atoms with Gasteiger partial charge in [0, 0.05) is 24.7 Å². The molecule has 2 heterocycles. The van der Waals surface area contributed by atoms with E-state index < -0.39 is 61.5 Å². The molecule has 2 aliphatic heterocycles. The number of carbonyl (C=O) groups excluding carboxylic acids is 2. The van der Waals surface area contributed by atoms with Gasteiger partial charge in [-0.15, -0.1) is 0 Å². The summed E-state index contributed by atoms with van der Waals surface area (Å²) in [5.41, 5.74) is 0.335. The number of aliphatic hydroxyl groups is 4. The molecular formula is C19H28O11. The second kappa shape index (κ2) is 9.58. The Hall–Kier alpha value is -1.76. The van der Waals surface area contributed by atoms with Crippen molar-refractivity contribution in [3.63, 3.8) is 0 Å². The normalized spacial score (nSPS) is 40.7. The number of hydrogen-bond acceptors (Lipinski definition) is 11. The zero-order valence-electron chi connectivity index (χ0n) is 16.7. The van der Waals surface area contributed by atoms with Crippen LogP contribution in [-0.4, -0.2) is 89.7 Å². The summed E-state index contributed by atoms with van der Waals surface area (Å²) in [4.78, 5) is 23.4. The predicted octanol–water partition coefficient (Wildman–Crippen LogP) is -1.58. The molecule has 0 spiro atoms. The predicted molar refractivity (Wildman–Crippen MR) is 96.2 cm³/mol. The second-order valence-corrected chi connectivity index (χ2v) is 7.73. The lowest BCUT2D eigenvalue weighted by molar-refractivity contribution is -0.342. The molecule has 11 heteroatoms. The van der Waals surface area contributed by atoms with Crippen LogP contribution < -0.4 is 0 Å². The number of carbonyl (C=O) groups is 2. The van der Waals surface area contributed by atoms with E-state index in [-0.39, 0.29) is 18.4 Å². The zero-order chi connectivity index (χ0) is 22.0. The Labute approximate surface area is 173 Å². The summed E-state index contributed by atoms with van der Waals surface area (Å²) in [5.74, 6) is -1.88. The van der Waals surface area contributed by atoms with Crippen LogP contribution in [0.25, 0.3) is 0 Å². The van der Waals surface area contributed by atoms with Crippen LogP contribution in [0.1, 0.15) is 19.8 Å². The molecule has 1 aliphatic carbocycles. The first kappa shape index (κ1) is 22.9. The number of fused-ring (bicyclic) bond motifs is 1. The van der Waals surface area contributed by atoms with Gasteiger partial charge in [-0.3, -0.25) is 4.79 Å². The van der Waals surface area contributed by atoms with Crippen LogP contribution in [0.15, 0.2) is 11.8 Å². The topological polar surface area (TPSA) is 161 Å². The third-order valence-corrected chi connectivity index (χ3v) is 5.94. The highest BCUT2D eigenvalue weighted by Gasteiger charge is 2.52. The first-order valence-corrected chi connectivity index (χ1v) is 9.81. The van der Waals surface area contributed by atoms with E-state index >= 15 is 0 Å². The second-order valence-electron chi connectivity index (χ2n) is 7.73. The minimum absolute atomic E-state index is 0.100. The molecule has 170 valence electrons. The fourth-order valence-electron chi connectivity index (χ4n) is 4.37. The van der Waals surface area contributed by atoms with Crippen molar-refractivity contribution < 1.29 is 53.7 Å². The van der Waals surface area contributed by atoms with Crippen LogP contribution in [-0.2, 0) is 33.3 Å². The zero-order valence-corrected chi connectivity index (χ0v) is 16.7. The van der Waals surface area contributed by atoms with Crippen molar-refractivity contribution in [2.45, 2.75) is 56.8 Å². The molecule has 0 amide bonds. The minimum Gasteiger partial charge on any atom is -0.472 e. The molecule has 1 saturated carbocycles. The van der Waals surface area contributed by atoms with Gasteiger partial charge in [0.15, 0.2) is 6.29 Å². The summed E-state index contributed by atoms with van der Waals surface area (Å²) in [6, 6.07) is 0. The van der Waals surface area contributed by atoms with Crippen molar-refractivity contribution in [2.24, 2.45) is 17.8 Å². The molecule has 3 aliphatic rings. The minimum atomic E-state index is -1.60. The Morgan fingerprint density at radius 1 is 1.13 bits per heavy atom. The Morgan fingerprint density at radius 3 is 2.50 bits per heavy atom. The van der Waals surface area contributed by atoms with Crippen LogP contribution in [0.5, 0.6) is 0 Å². The highest BCUT2D eigenvalue weighted by molar-refractivity contribution is 5.89. The van der Waals surface area contributed by atoms with E-state index in [9.17, 15) is 30.0 Å². The Kier molecular flexibility index (Phi) is 7.32. The lowest BCUT2D eigenvalue weighted by Crippen LogP contribution is -2.60. The molecule has 30 heavy (non-hydrogen) atoms. The molecule has 0 aromatic heterocycles. The van der Waals surface area contributed by atoms with Crippen molar-refractivity contribution >= 4 is 11.9 Å². The summed E-state index contributed by atoms with van der Waals surface area (Å²) in [6.45, 7) is 0.804. The van der Waals surface area contributed by atoms with Gasteiger partial charge in [-0.1, -0.05) is 0 Å². The molecule has 4 N–H and O–H groups in total. The third-order valence-electron chi connectivity index (χ3n) is 5.94. The molecule has 11 nitrogen and oxygen atoms in total. The fourth-order valence-corrected chi connectivity index (χ4v) is 4.37. The van der Waals surface area contributed by atoms with Crippen molar-refractivity contribution in [3.05, 3.63) is 11.8 Å². The fraction of sp³-hybridized carbons (Fsp3) is 0.789. The van der Waals surface area contributed by atoms with Crippen LogP contribution in [0.2, 0.25) is 0 Å². The van der Waals surface area contributed by atoms with E-state index in [0.717, 1.165) is 0 Å². The van der Waals surface area contributed by atoms with E-state index in [1.54, 1.807) is 0 Å². The van der Waals surface area contributed by atoms with Crippen LogP contribution in [0, 0.1) is 17.8 Å². The summed E-state index contributed by atoms with van der Waals surface area (Å²) in [6.07, 6.45) is -5.73. The van der Waals surface area contributed by atoms with Gasteiger partial charge in [-0.2, -0.15) is 0 Å². The summed E-state index contributed by atoms with van der Waals surface area (Å²) >= 11 is 0. The van der Waals surface area contributed by atoms with Crippen molar-refractivity contribution in [3.8, 4) is 0 Å². The molecule has 0 radical (unpaired) electrons. The number of ether oxygens (including phenoxy) is 5. The largest absolute Gasteiger partial charge is 0.472 e. The lowest BCUT2D eigenvalue weighted by Gasteiger charge is -2.43. The Bertz CT molecular complexity index is 663. The smallest absolute Gasteiger partial charge is 0.337 e. The number of rotatable bonds is 6. The summed E-state index contributed by atoms with van der Waals surface area (Å²) in [7, 11) is 1.26. The van der Waals surface area contributed by atoms with Gasteiger partial charge in [0.2, 0.25) is 6.29 Å². The quantitative estimate of drug-likeness (QED) is 0.359. The number of hydrogen-bond donors (Lipinski definition) is 4. The highest BCUT2D eigenvalue weighted by atomic mass is 16.8. The van der Waals surface area contributed by atoms with Crippen molar-refractivity contribution in [1.82, 2.24) is 0 Å². The average molecular weight is 432 g/mol. The maximum atomic E-state index is 12.1. The molecule has 3 rings (SSSR count). The Balaban J connectivity index is 1.80. The molecular weight excluding hydrogens is 404 g/mol. The van der Waals surface area contributed by atoms with E-state index in [1.165, 1.54) is 20.3 Å². The number of methoxy groups -OCH3 is 1. The average Bonchev–Trinajstić information content (AvgIpc) is 3.16. The summed E-state index contributed by atoms with van der Waals surface area (Å²) < 4.78 is 26.8. The molecule has 2 unspecified atom stereocenters. The summed E-state index contributed by atoms with van der Waals surface area (Å²) in [5, 5.41) is 39.5. The monoisotopic (exact) mass is 432 g/mol. The van der Waals surface area contributed by atoms with Gasteiger partial charge in [0.1, 0.15) is 24.4 Å². The first-order valence-electron chi connectivity index (χ1n) is 9.81. The number of esters is 2. The van der Waals surface area contributed by atoms with Crippen molar-refractivity contribution in [2.75, 3.05) is 20.3 Å². The highest BCUT2D eigenvalue weighted by Crippen LogP contribution is 2.47. The van der Waals surface area contributed by atoms with Gasteiger partial charge in [0.25, 0.3) is 0 Å². The van der Waals surface area contributed by atoms with Gasteiger partial charge < -0.3 is 44.1 Å². The molecule has 0 bridgehead atoms. The van der Waals surface area contributed by atoms with E-state index in [0.29, 0.717) is 18.4 Å². The molecule has 1 saturated heterocycles. The molecule has 2 fully saturated rings. The van der Waals surface area contributed by atoms with E-state index in [4.69, 9.17) is 23.7 Å². The number of aliphatic hydroxyl groups excluding tert-OH is 4. The standard InChI is InChI=1S/C19H28O11/c1-8(21)27-6-9-3-4-10-11(17(25)26-2)7-28-18(13(9)10)30-19-16(24)15(23)14(22)12(5-20)29-19/h7,9-10,12-16,18-20,22-24H,3-6H2,1-2H3/t9?,10-,12-,13?,14-,15+,16-,18+,19+/m1/s1. The van der Waals surface area contributed by atoms with Gasteiger partial charge >= 0.3 is 11.9 Å². The van der Waals surface area contributed by atoms with Gasteiger partial charge in [-0.05, 0) is 12.8 Å². The lowest BCUT2D eigenvalue weighted by atomic mass is 9.83. The van der Waals surface area contributed by atoms with E-state index in [1.807, 2.05) is 0 Å². The van der Waals surface area contributed by atoms with Gasteiger partial charge in [0.05, 0.1) is 32.2 Å². The third kappa shape index (κ3) is 4.46. The first-order chi connectivity index (χ1) is 14.3. The maximum absolute atomic E-state index is 12.1. The maximum Gasteiger partial charge on any atom is 0.337 e. The Morgan fingerprint density at radius 2 is 1.87 bits per heavy atom. The van der Waals surface area contributed by atoms with Crippen LogP contribution in [0.4, 0.5) is 0 Å². The van der Waals surface area contributed by atoms with Crippen LogP contribution >= 0.6 is 0 Å². The molecule has 9 atom stereocenters.